The standard InChI is InChI=1S/C18H22N4O3/c1-11(2)17-21-20-16-6-4-13(10-22(16)17)19-18(23)12-3-5-14-15(9-12)25-8-7-24-14/h3,5,9,11,13H,4,6-8,10H2,1-2H3,(H,19,23)/t13-/m0/s1. The molecule has 2 aromatic rings. The summed E-state index contributed by atoms with van der Waals surface area (Å²) < 4.78 is 13.2. The van der Waals surface area contributed by atoms with Gasteiger partial charge in [0.2, 0.25) is 0 Å². The minimum Gasteiger partial charge on any atom is -0.486 e. The predicted octanol–water partition coefficient (Wildman–Crippen LogP) is 1.92. The molecule has 0 unspecified atom stereocenters. The highest BCUT2D eigenvalue weighted by Crippen LogP contribution is 2.30. The van der Waals surface area contributed by atoms with E-state index in [1.54, 1.807) is 18.2 Å². The molecule has 0 saturated heterocycles. The van der Waals surface area contributed by atoms with E-state index in [-0.39, 0.29) is 11.9 Å². The highest BCUT2D eigenvalue weighted by Gasteiger charge is 2.25. The van der Waals surface area contributed by atoms with Crippen LogP contribution in [0.25, 0.3) is 0 Å². The molecule has 2 aliphatic rings. The van der Waals surface area contributed by atoms with Gasteiger partial charge in [0, 0.05) is 30.5 Å². The highest BCUT2D eigenvalue weighted by atomic mass is 16.6. The van der Waals surface area contributed by atoms with E-state index in [1.807, 2.05) is 0 Å². The van der Waals surface area contributed by atoms with Crippen molar-refractivity contribution in [3.05, 3.63) is 35.4 Å². The summed E-state index contributed by atoms with van der Waals surface area (Å²) in [6.07, 6.45) is 1.69. The lowest BCUT2D eigenvalue weighted by molar-refractivity contribution is 0.0926. The zero-order valence-electron chi connectivity index (χ0n) is 14.5. The molecule has 7 nitrogen and oxygen atoms in total. The first-order chi connectivity index (χ1) is 12.1. The summed E-state index contributed by atoms with van der Waals surface area (Å²) in [5.74, 6) is 3.53. The predicted molar refractivity (Wildman–Crippen MR) is 91.1 cm³/mol. The number of nitrogens with one attached hydrogen (secondary N) is 1. The van der Waals surface area contributed by atoms with Crippen LogP contribution in [0.4, 0.5) is 0 Å². The number of fused-ring (bicyclic) bond motifs is 2. The van der Waals surface area contributed by atoms with Gasteiger partial charge < -0.3 is 19.4 Å². The van der Waals surface area contributed by atoms with E-state index in [4.69, 9.17) is 9.47 Å². The van der Waals surface area contributed by atoms with Gasteiger partial charge in [-0.3, -0.25) is 4.79 Å². The molecule has 4 rings (SSSR count). The highest BCUT2D eigenvalue weighted by molar-refractivity contribution is 5.95. The summed E-state index contributed by atoms with van der Waals surface area (Å²) >= 11 is 0. The normalized spacial score (nSPS) is 18.8. The lowest BCUT2D eigenvalue weighted by Crippen LogP contribution is -2.41. The van der Waals surface area contributed by atoms with Crippen molar-refractivity contribution in [3.63, 3.8) is 0 Å². The monoisotopic (exact) mass is 342 g/mol. The van der Waals surface area contributed by atoms with Crippen LogP contribution in [-0.2, 0) is 13.0 Å². The number of ether oxygens (including phenoxy) is 2. The molecule has 0 fully saturated rings. The number of carbonyl (C=O) groups is 1. The smallest absolute Gasteiger partial charge is 0.251 e. The average Bonchev–Trinajstić information content (AvgIpc) is 3.04. The lowest BCUT2D eigenvalue weighted by Gasteiger charge is -2.26. The van der Waals surface area contributed by atoms with Gasteiger partial charge in [-0.05, 0) is 24.6 Å². The van der Waals surface area contributed by atoms with Crippen molar-refractivity contribution in [3.8, 4) is 11.5 Å². The van der Waals surface area contributed by atoms with Crippen molar-refractivity contribution in [1.82, 2.24) is 20.1 Å². The van der Waals surface area contributed by atoms with Crippen LogP contribution in [0.15, 0.2) is 18.2 Å². The first-order valence-corrected chi connectivity index (χ1v) is 8.74. The fourth-order valence-corrected chi connectivity index (χ4v) is 3.35. The molecule has 0 saturated carbocycles. The van der Waals surface area contributed by atoms with Gasteiger partial charge in [0.1, 0.15) is 24.9 Å². The van der Waals surface area contributed by atoms with E-state index in [2.05, 4.69) is 33.9 Å². The molecule has 25 heavy (non-hydrogen) atoms. The summed E-state index contributed by atoms with van der Waals surface area (Å²) in [5.41, 5.74) is 0.586. The van der Waals surface area contributed by atoms with Crippen molar-refractivity contribution in [2.45, 2.75) is 45.2 Å². The first-order valence-electron chi connectivity index (χ1n) is 8.74. The second-order valence-corrected chi connectivity index (χ2v) is 6.81. The number of amides is 1. The summed E-state index contributed by atoms with van der Waals surface area (Å²) in [5, 5.41) is 11.7. The van der Waals surface area contributed by atoms with Crippen molar-refractivity contribution < 1.29 is 14.3 Å². The molecule has 0 radical (unpaired) electrons. The summed E-state index contributed by atoms with van der Waals surface area (Å²) in [4.78, 5) is 12.6. The Balaban J connectivity index is 1.47. The Morgan fingerprint density at radius 1 is 1.24 bits per heavy atom. The molecule has 2 aliphatic heterocycles. The van der Waals surface area contributed by atoms with Crippen molar-refractivity contribution in [2.75, 3.05) is 13.2 Å². The number of hydrogen-bond acceptors (Lipinski definition) is 5. The van der Waals surface area contributed by atoms with E-state index in [1.165, 1.54) is 0 Å². The Morgan fingerprint density at radius 2 is 2.04 bits per heavy atom. The zero-order chi connectivity index (χ0) is 17.4. The van der Waals surface area contributed by atoms with Gasteiger partial charge in [-0.2, -0.15) is 0 Å². The second kappa shape index (κ2) is 6.38. The van der Waals surface area contributed by atoms with Crippen LogP contribution in [0, 0.1) is 0 Å². The number of benzene rings is 1. The lowest BCUT2D eigenvalue weighted by atomic mass is 10.1. The fourth-order valence-electron chi connectivity index (χ4n) is 3.35. The van der Waals surface area contributed by atoms with Gasteiger partial charge in [0.25, 0.3) is 5.91 Å². The number of nitrogens with zero attached hydrogens (tertiary/aromatic N) is 3. The van der Waals surface area contributed by atoms with Gasteiger partial charge in [-0.25, -0.2) is 0 Å². The van der Waals surface area contributed by atoms with Crippen LogP contribution in [0.5, 0.6) is 11.5 Å². The van der Waals surface area contributed by atoms with Gasteiger partial charge in [0.05, 0.1) is 0 Å². The Labute approximate surface area is 146 Å². The summed E-state index contributed by atoms with van der Waals surface area (Å²) in [6.45, 7) is 5.98. The molecule has 1 aromatic heterocycles. The molecule has 0 spiro atoms. The van der Waals surface area contributed by atoms with Gasteiger partial charge in [-0.15, -0.1) is 10.2 Å². The third kappa shape index (κ3) is 3.06. The molecule has 1 aromatic carbocycles. The van der Waals surface area contributed by atoms with Crippen molar-refractivity contribution in [1.29, 1.82) is 0 Å². The van der Waals surface area contributed by atoms with E-state index in [9.17, 15) is 4.79 Å². The maximum absolute atomic E-state index is 12.6. The second-order valence-electron chi connectivity index (χ2n) is 6.81. The molecular weight excluding hydrogens is 320 g/mol. The molecular formula is C18H22N4O3. The van der Waals surface area contributed by atoms with Crippen LogP contribution in [0.1, 0.15) is 48.2 Å². The van der Waals surface area contributed by atoms with Crippen LogP contribution < -0.4 is 14.8 Å². The maximum atomic E-state index is 12.6. The zero-order valence-corrected chi connectivity index (χ0v) is 14.5. The Kier molecular flexibility index (Phi) is 4.07. The fraction of sp³-hybridized carbons (Fsp3) is 0.500. The number of hydrogen-bond donors (Lipinski definition) is 1. The van der Waals surface area contributed by atoms with Crippen LogP contribution >= 0.6 is 0 Å². The van der Waals surface area contributed by atoms with Crippen molar-refractivity contribution in [2.24, 2.45) is 0 Å². The number of carbonyl (C=O) groups excluding carboxylic acids is 1. The van der Waals surface area contributed by atoms with E-state index in [0.29, 0.717) is 42.7 Å². The molecule has 7 heteroatoms. The largest absolute Gasteiger partial charge is 0.486 e. The molecule has 1 N–H and O–H groups in total. The SMILES string of the molecule is CC(C)c1nnc2n1C[C@@H](NC(=O)c1ccc3c(c1)OCCO3)CC2. The minimum atomic E-state index is -0.0930. The van der Waals surface area contributed by atoms with Crippen LogP contribution in [0.2, 0.25) is 0 Å². The first kappa shape index (κ1) is 15.9. The molecule has 0 aliphatic carbocycles. The number of rotatable bonds is 3. The quantitative estimate of drug-likeness (QED) is 0.922. The molecule has 0 bridgehead atoms. The Hall–Kier alpha value is -2.57. The topological polar surface area (TPSA) is 78.3 Å². The van der Waals surface area contributed by atoms with Crippen molar-refractivity contribution >= 4 is 5.91 Å². The average molecular weight is 342 g/mol. The van der Waals surface area contributed by atoms with Gasteiger partial charge >= 0.3 is 0 Å². The van der Waals surface area contributed by atoms with Gasteiger partial charge in [0.15, 0.2) is 11.5 Å². The van der Waals surface area contributed by atoms with E-state index < -0.39 is 0 Å². The number of aromatic nitrogens is 3. The Morgan fingerprint density at radius 3 is 2.84 bits per heavy atom. The Bertz CT molecular complexity index is 800. The van der Waals surface area contributed by atoms with Crippen LogP contribution in [-0.4, -0.2) is 39.9 Å². The van der Waals surface area contributed by atoms with E-state index >= 15 is 0 Å². The molecule has 1 atom stereocenters. The summed E-state index contributed by atoms with van der Waals surface area (Å²) in [6, 6.07) is 5.38. The molecule has 3 heterocycles. The maximum Gasteiger partial charge on any atom is 0.251 e. The molecule has 1 amide bonds. The van der Waals surface area contributed by atoms with Gasteiger partial charge in [-0.1, -0.05) is 13.8 Å². The number of aryl methyl sites for hydroxylation is 1. The third-order valence-electron chi connectivity index (χ3n) is 4.63. The molecule has 132 valence electrons. The third-order valence-corrected chi connectivity index (χ3v) is 4.63. The minimum absolute atomic E-state index is 0.0710. The van der Waals surface area contributed by atoms with Crippen LogP contribution in [0.3, 0.4) is 0 Å². The van der Waals surface area contributed by atoms with E-state index in [0.717, 1.165) is 24.5 Å². The summed E-state index contributed by atoms with van der Waals surface area (Å²) in [7, 11) is 0.